The molecule has 2 rings (SSSR count). The van der Waals surface area contributed by atoms with Crippen LogP contribution in [0.1, 0.15) is 24.4 Å². The molecule has 1 heterocycles. The topological polar surface area (TPSA) is 23.5 Å². The fraction of sp³-hybridized carbons (Fsp3) is 0.500. The van der Waals surface area contributed by atoms with E-state index in [1.54, 1.807) is 12.1 Å². The van der Waals surface area contributed by atoms with Gasteiger partial charge in [-0.1, -0.05) is 12.1 Å². The molecule has 1 unspecified atom stereocenters. The molecule has 1 aliphatic heterocycles. The summed E-state index contributed by atoms with van der Waals surface area (Å²) in [6.07, 6.45) is 2.38. The minimum absolute atomic E-state index is 0.0353. The van der Waals surface area contributed by atoms with Gasteiger partial charge in [-0.25, -0.2) is 4.39 Å². The lowest BCUT2D eigenvalue weighted by atomic mass is 10.1. The van der Waals surface area contributed by atoms with Crippen LogP contribution in [0.4, 0.5) is 4.39 Å². The van der Waals surface area contributed by atoms with Crippen molar-refractivity contribution in [3.63, 3.8) is 0 Å². The Morgan fingerprint density at radius 1 is 1.20 bits per heavy atom. The molecule has 1 atom stereocenters. The van der Waals surface area contributed by atoms with Crippen molar-refractivity contribution in [1.29, 1.82) is 0 Å². The zero-order valence-electron chi connectivity index (χ0n) is 8.69. The quantitative estimate of drug-likeness (QED) is 0.822. The van der Waals surface area contributed by atoms with Gasteiger partial charge in [0.15, 0.2) is 0 Å². The maximum absolute atomic E-state index is 12.8. The summed E-state index contributed by atoms with van der Waals surface area (Å²) in [6.45, 7) is 2.16. The fourth-order valence-electron chi connectivity index (χ4n) is 2.17. The number of aliphatic hydroxyl groups excluding tert-OH is 1. The average molecular weight is 209 g/mol. The second-order valence-corrected chi connectivity index (χ2v) is 3.99. The highest BCUT2D eigenvalue weighted by Gasteiger charge is 2.22. The van der Waals surface area contributed by atoms with Crippen molar-refractivity contribution in [2.24, 2.45) is 0 Å². The Hall–Kier alpha value is -0.930. The largest absolute Gasteiger partial charge is 0.394 e. The van der Waals surface area contributed by atoms with Crippen LogP contribution in [0.5, 0.6) is 0 Å². The minimum Gasteiger partial charge on any atom is -0.394 e. The van der Waals surface area contributed by atoms with Crippen LogP contribution in [0, 0.1) is 5.82 Å². The number of rotatable bonds is 3. The number of hydrogen-bond donors (Lipinski definition) is 1. The molecular formula is C12H16FNO. The van der Waals surface area contributed by atoms with Crippen molar-refractivity contribution in [2.45, 2.75) is 18.9 Å². The highest BCUT2D eigenvalue weighted by atomic mass is 19.1. The third-order valence-corrected chi connectivity index (χ3v) is 3.01. The van der Waals surface area contributed by atoms with E-state index in [0.717, 1.165) is 18.7 Å². The van der Waals surface area contributed by atoms with Gasteiger partial charge in [0.25, 0.3) is 0 Å². The Balaban J connectivity index is 2.14. The zero-order chi connectivity index (χ0) is 10.7. The van der Waals surface area contributed by atoms with E-state index in [9.17, 15) is 9.50 Å². The first-order chi connectivity index (χ1) is 7.31. The van der Waals surface area contributed by atoms with Crippen molar-refractivity contribution >= 4 is 0 Å². The first kappa shape index (κ1) is 10.6. The molecule has 0 spiro atoms. The minimum atomic E-state index is -0.225. The molecule has 0 saturated carbocycles. The smallest absolute Gasteiger partial charge is 0.123 e. The van der Waals surface area contributed by atoms with Crippen molar-refractivity contribution in [2.75, 3.05) is 19.7 Å². The molecule has 3 heteroatoms. The average Bonchev–Trinajstić information content (AvgIpc) is 2.75. The molecule has 2 nitrogen and oxygen atoms in total. The number of likely N-dealkylation sites (tertiary alicyclic amines) is 1. The number of aliphatic hydroxyl groups is 1. The van der Waals surface area contributed by atoms with Crippen molar-refractivity contribution in [1.82, 2.24) is 4.90 Å². The standard InChI is InChI=1S/C12H16FNO/c13-11-5-3-10(4-6-11)12(9-15)14-7-1-2-8-14/h3-6,12,15H,1-2,7-9H2. The molecule has 1 N–H and O–H groups in total. The number of hydrogen-bond acceptors (Lipinski definition) is 2. The second kappa shape index (κ2) is 4.73. The SMILES string of the molecule is OCC(c1ccc(F)cc1)N1CCCC1. The zero-order valence-corrected chi connectivity index (χ0v) is 8.69. The Morgan fingerprint density at radius 3 is 2.33 bits per heavy atom. The molecule has 82 valence electrons. The van der Waals surface area contributed by atoms with Crippen LogP contribution in [0.15, 0.2) is 24.3 Å². The third-order valence-electron chi connectivity index (χ3n) is 3.01. The van der Waals surface area contributed by atoms with Crippen molar-refractivity contribution < 1.29 is 9.50 Å². The predicted octanol–water partition coefficient (Wildman–Crippen LogP) is 1.95. The Morgan fingerprint density at radius 2 is 1.80 bits per heavy atom. The van der Waals surface area contributed by atoms with Crippen LogP contribution in [-0.2, 0) is 0 Å². The summed E-state index contributed by atoms with van der Waals surface area (Å²) in [5.41, 5.74) is 1.00. The van der Waals surface area contributed by atoms with Gasteiger partial charge >= 0.3 is 0 Å². The number of benzene rings is 1. The molecule has 0 amide bonds. The molecule has 15 heavy (non-hydrogen) atoms. The lowest BCUT2D eigenvalue weighted by Crippen LogP contribution is -2.28. The number of halogens is 1. The summed E-state index contributed by atoms with van der Waals surface area (Å²) in [7, 11) is 0. The lowest BCUT2D eigenvalue weighted by Gasteiger charge is -2.25. The van der Waals surface area contributed by atoms with Gasteiger partial charge < -0.3 is 5.11 Å². The van der Waals surface area contributed by atoms with E-state index in [1.807, 2.05) is 0 Å². The van der Waals surface area contributed by atoms with E-state index in [4.69, 9.17) is 0 Å². The number of nitrogens with zero attached hydrogens (tertiary/aromatic N) is 1. The summed E-state index contributed by atoms with van der Waals surface area (Å²) in [6, 6.07) is 6.46. The Labute approximate surface area is 89.3 Å². The summed E-state index contributed by atoms with van der Waals surface area (Å²) in [5.74, 6) is -0.225. The molecule has 0 aliphatic carbocycles. The van der Waals surface area contributed by atoms with E-state index in [0.29, 0.717) is 0 Å². The van der Waals surface area contributed by atoms with Gasteiger partial charge in [-0.3, -0.25) is 4.90 Å². The van der Waals surface area contributed by atoms with E-state index in [1.165, 1.54) is 25.0 Å². The van der Waals surface area contributed by atoms with Crippen molar-refractivity contribution in [3.05, 3.63) is 35.6 Å². The van der Waals surface area contributed by atoms with E-state index >= 15 is 0 Å². The third kappa shape index (κ3) is 2.36. The summed E-state index contributed by atoms with van der Waals surface area (Å²) >= 11 is 0. The maximum atomic E-state index is 12.8. The molecule has 0 radical (unpaired) electrons. The van der Waals surface area contributed by atoms with Gasteiger partial charge in [-0.05, 0) is 43.6 Å². The highest BCUT2D eigenvalue weighted by molar-refractivity contribution is 5.20. The van der Waals surface area contributed by atoms with Crippen LogP contribution >= 0.6 is 0 Å². The Bertz CT molecular complexity index is 306. The van der Waals surface area contributed by atoms with Crippen LogP contribution in [0.3, 0.4) is 0 Å². The van der Waals surface area contributed by atoms with Gasteiger partial charge in [-0.2, -0.15) is 0 Å². The van der Waals surface area contributed by atoms with E-state index in [2.05, 4.69) is 4.90 Å². The fourth-order valence-corrected chi connectivity index (χ4v) is 2.17. The van der Waals surface area contributed by atoms with Crippen LogP contribution < -0.4 is 0 Å². The van der Waals surface area contributed by atoms with Gasteiger partial charge in [0.05, 0.1) is 12.6 Å². The highest BCUT2D eigenvalue weighted by Crippen LogP contribution is 2.24. The molecule has 1 aromatic rings. The maximum Gasteiger partial charge on any atom is 0.123 e. The molecule has 1 aromatic carbocycles. The van der Waals surface area contributed by atoms with Crippen LogP contribution in [-0.4, -0.2) is 29.7 Å². The molecule has 1 aliphatic rings. The van der Waals surface area contributed by atoms with E-state index in [-0.39, 0.29) is 18.5 Å². The molecule has 1 fully saturated rings. The van der Waals surface area contributed by atoms with Gasteiger partial charge in [-0.15, -0.1) is 0 Å². The van der Waals surface area contributed by atoms with Gasteiger partial charge in [0.2, 0.25) is 0 Å². The van der Waals surface area contributed by atoms with E-state index < -0.39 is 0 Å². The Kier molecular flexibility index (Phi) is 3.34. The summed E-state index contributed by atoms with van der Waals surface area (Å²) in [4.78, 5) is 2.26. The molecular weight excluding hydrogens is 193 g/mol. The van der Waals surface area contributed by atoms with Crippen LogP contribution in [0.25, 0.3) is 0 Å². The predicted molar refractivity (Wildman–Crippen MR) is 57.0 cm³/mol. The summed E-state index contributed by atoms with van der Waals surface area (Å²) < 4.78 is 12.8. The van der Waals surface area contributed by atoms with Gasteiger partial charge in [0, 0.05) is 0 Å². The first-order valence-electron chi connectivity index (χ1n) is 5.41. The normalized spacial score (nSPS) is 19.3. The molecule has 0 bridgehead atoms. The summed E-state index contributed by atoms with van der Waals surface area (Å²) in [5, 5.41) is 9.37. The van der Waals surface area contributed by atoms with Gasteiger partial charge in [0.1, 0.15) is 5.82 Å². The lowest BCUT2D eigenvalue weighted by molar-refractivity contribution is 0.147. The monoisotopic (exact) mass is 209 g/mol. The molecule has 1 saturated heterocycles. The first-order valence-corrected chi connectivity index (χ1v) is 5.41. The molecule has 0 aromatic heterocycles. The second-order valence-electron chi connectivity index (χ2n) is 3.99. The van der Waals surface area contributed by atoms with Crippen molar-refractivity contribution in [3.8, 4) is 0 Å². The van der Waals surface area contributed by atoms with Crippen LogP contribution in [0.2, 0.25) is 0 Å².